The minimum atomic E-state index is -0.446. The SMILES string of the molecule is CC1CCC(C(C)C)C(C(C)(C(=O)C(CC2Cc3cc(Cl)ccc3O2)n2cncn2)C2CC(C)CCC2C(C)C)C1. The van der Waals surface area contributed by atoms with E-state index in [1.54, 1.807) is 12.7 Å². The minimum absolute atomic E-state index is 0.0942. The first kappa shape index (κ1) is 30.6. The molecule has 41 heavy (non-hydrogen) atoms. The van der Waals surface area contributed by atoms with Crippen molar-refractivity contribution in [3.8, 4) is 5.75 Å². The molecule has 2 heterocycles. The molecule has 8 unspecified atom stereocenters. The van der Waals surface area contributed by atoms with Gasteiger partial charge in [0, 0.05) is 23.3 Å². The second kappa shape index (κ2) is 12.4. The molecule has 0 saturated heterocycles. The summed E-state index contributed by atoms with van der Waals surface area (Å²) in [6.07, 6.45) is 11.8. The molecule has 2 aliphatic carbocycles. The van der Waals surface area contributed by atoms with E-state index in [4.69, 9.17) is 16.3 Å². The van der Waals surface area contributed by atoms with E-state index in [2.05, 4.69) is 58.5 Å². The number of hydrogen-bond donors (Lipinski definition) is 0. The molecule has 1 aromatic carbocycles. The van der Waals surface area contributed by atoms with Crippen LogP contribution in [0, 0.1) is 52.8 Å². The summed E-state index contributed by atoms with van der Waals surface area (Å²) in [4.78, 5) is 19.9. The quantitative estimate of drug-likeness (QED) is 0.297. The fourth-order valence-corrected chi connectivity index (χ4v) is 9.36. The van der Waals surface area contributed by atoms with Gasteiger partial charge in [0.25, 0.3) is 0 Å². The van der Waals surface area contributed by atoms with E-state index < -0.39 is 11.5 Å². The van der Waals surface area contributed by atoms with Gasteiger partial charge in [0.1, 0.15) is 30.5 Å². The van der Waals surface area contributed by atoms with Crippen LogP contribution in [0.2, 0.25) is 5.02 Å². The van der Waals surface area contributed by atoms with Crippen LogP contribution in [0.25, 0.3) is 0 Å². The number of carbonyl (C=O) groups excluding carboxylic acids is 1. The predicted octanol–water partition coefficient (Wildman–Crippen LogP) is 8.86. The second-order valence-electron chi connectivity index (χ2n) is 14.8. The number of aromatic nitrogens is 3. The minimum Gasteiger partial charge on any atom is -0.490 e. The molecule has 6 heteroatoms. The molecule has 0 amide bonds. The molecule has 2 fully saturated rings. The van der Waals surface area contributed by atoms with Crippen molar-refractivity contribution in [1.29, 1.82) is 0 Å². The molecule has 0 spiro atoms. The summed E-state index contributed by atoms with van der Waals surface area (Å²) in [6.45, 7) is 16.7. The van der Waals surface area contributed by atoms with Crippen molar-refractivity contribution >= 4 is 17.4 Å². The van der Waals surface area contributed by atoms with Crippen LogP contribution in [0.1, 0.15) is 105 Å². The summed E-state index contributed by atoms with van der Waals surface area (Å²) in [5.41, 5.74) is 0.676. The van der Waals surface area contributed by atoms with Gasteiger partial charge in [0.15, 0.2) is 5.78 Å². The highest BCUT2D eigenvalue weighted by Gasteiger charge is 2.56. The topological polar surface area (TPSA) is 57.0 Å². The Balaban J connectivity index is 1.57. The van der Waals surface area contributed by atoms with Crippen LogP contribution >= 0.6 is 11.6 Å². The lowest BCUT2D eigenvalue weighted by Gasteiger charge is -2.55. The highest BCUT2D eigenvalue weighted by atomic mass is 35.5. The highest BCUT2D eigenvalue weighted by molar-refractivity contribution is 6.30. The molecule has 5 rings (SSSR count). The third kappa shape index (κ3) is 6.12. The number of fused-ring (bicyclic) bond motifs is 1. The van der Waals surface area contributed by atoms with Crippen LogP contribution in [0.4, 0.5) is 0 Å². The maximum Gasteiger partial charge on any atom is 0.163 e. The summed E-state index contributed by atoms with van der Waals surface area (Å²) in [6, 6.07) is 5.43. The molecule has 0 bridgehead atoms. The molecule has 2 saturated carbocycles. The lowest BCUT2D eigenvalue weighted by atomic mass is 9.48. The first-order chi connectivity index (χ1) is 19.5. The molecule has 226 valence electrons. The Bertz CT molecular complexity index is 1150. The normalized spacial score (nSPS) is 32.4. The van der Waals surface area contributed by atoms with E-state index in [0.29, 0.717) is 59.5 Å². The number of nitrogens with zero attached hydrogens (tertiary/aromatic N) is 3. The van der Waals surface area contributed by atoms with Crippen molar-refractivity contribution in [2.24, 2.45) is 52.8 Å². The summed E-state index contributed by atoms with van der Waals surface area (Å²) in [5, 5.41) is 5.32. The zero-order valence-corrected chi connectivity index (χ0v) is 27.1. The lowest BCUT2D eigenvalue weighted by Crippen LogP contribution is -2.54. The zero-order valence-electron chi connectivity index (χ0n) is 26.4. The Labute approximate surface area is 253 Å². The van der Waals surface area contributed by atoms with Crippen LogP contribution in [0.15, 0.2) is 30.9 Å². The number of ether oxygens (including phenoxy) is 1. The molecule has 8 atom stereocenters. The Morgan fingerprint density at radius 3 is 2.17 bits per heavy atom. The Kier molecular flexibility index (Phi) is 9.24. The molecule has 1 aliphatic heterocycles. The zero-order chi connectivity index (χ0) is 29.5. The average molecular weight is 582 g/mol. The van der Waals surface area contributed by atoms with Crippen LogP contribution in [0.5, 0.6) is 5.75 Å². The third-order valence-corrected chi connectivity index (χ3v) is 11.7. The Morgan fingerprint density at radius 1 is 1.02 bits per heavy atom. The first-order valence-electron chi connectivity index (χ1n) is 16.3. The Morgan fingerprint density at radius 2 is 1.63 bits per heavy atom. The summed E-state index contributed by atoms with van der Waals surface area (Å²) in [5.74, 6) is 5.46. The number of halogens is 1. The standard InChI is InChI=1S/C35H52ClN3O2/c1-21(2)28-11-8-23(5)14-30(28)35(7,31-15-24(6)9-12-29(31)22(3)4)34(40)32(39-20-37-19-38-39)18-27-17-25-16-26(36)10-13-33(25)41-27/h10,13,16,19-24,27-32H,8-9,11-12,14-15,17-18H2,1-7H3. The van der Waals surface area contributed by atoms with Gasteiger partial charge in [-0.3, -0.25) is 4.79 Å². The largest absolute Gasteiger partial charge is 0.490 e. The Hall–Kier alpha value is -1.88. The van der Waals surface area contributed by atoms with Crippen LogP contribution in [-0.2, 0) is 11.2 Å². The van der Waals surface area contributed by atoms with Crippen molar-refractivity contribution < 1.29 is 9.53 Å². The maximum atomic E-state index is 15.6. The van der Waals surface area contributed by atoms with Crippen molar-refractivity contribution in [3.05, 3.63) is 41.4 Å². The summed E-state index contributed by atoms with van der Waals surface area (Å²) in [7, 11) is 0. The van der Waals surface area contributed by atoms with E-state index in [1.807, 2.05) is 22.9 Å². The summed E-state index contributed by atoms with van der Waals surface area (Å²) < 4.78 is 8.27. The van der Waals surface area contributed by atoms with Gasteiger partial charge in [0.2, 0.25) is 0 Å². The van der Waals surface area contributed by atoms with Gasteiger partial charge in [-0.05, 0) is 96.8 Å². The van der Waals surface area contributed by atoms with E-state index in [9.17, 15) is 0 Å². The van der Waals surface area contributed by atoms with E-state index in [0.717, 1.165) is 35.6 Å². The fraction of sp³-hybridized carbons (Fsp3) is 0.743. The second-order valence-corrected chi connectivity index (χ2v) is 15.3. The number of rotatable bonds is 9. The van der Waals surface area contributed by atoms with Crippen LogP contribution in [0.3, 0.4) is 0 Å². The number of Topliss-reactive ketones (excluding diaryl/α,β-unsaturated/α-hetero) is 1. The highest BCUT2D eigenvalue weighted by Crippen LogP contribution is 2.58. The van der Waals surface area contributed by atoms with E-state index in [1.165, 1.54) is 25.7 Å². The van der Waals surface area contributed by atoms with Gasteiger partial charge in [-0.1, -0.05) is 72.9 Å². The lowest BCUT2D eigenvalue weighted by molar-refractivity contribution is -0.151. The molecular formula is C35H52ClN3O2. The number of ketones is 1. The van der Waals surface area contributed by atoms with Gasteiger partial charge in [-0.15, -0.1) is 0 Å². The van der Waals surface area contributed by atoms with Gasteiger partial charge in [-0.2, -0.15) is 5.10 Å². The van der Waals surface area contributed by atoms with Gasteiger partial charge in [-0.25, -0.2) is 9.67 Å². The van der Waals surface area contributed by atoms with Crippen molar-refractivity contribution in [1.82, 2.24) is 14.8 Å². The maximum absolute atomic E-state index is 15.6. The average Bonchev–Trinajstić information content (AvgIpc) is 3.60. The van der Waals surface area contributed by atoms with Crippen molar-refractivity contribution in [2.75, 3.05) is 0 Å². The van der Waals surface area contributed by atoms with Gasteiger partial charge in [0.05, 0.1) is 0 Å². The molecule has 3 aliphatic rings. The van der Waals surface area contributed by atoms with Crippen LogP contribution < -0.4 is 4.74 Å². The van der Waals surface area contributed by atoms with E-state index >= 15 is 4.79 Å². The molecule has 2 aromatic rings. The molecular weight excluding hydrogens is 530 g/mol. The fourth-order valence-electron chi connectivity index (χ4n) is 9.17. The molecule has 1 aromatic heterocycles. The molecule has 0 radical (unpaired) electrons. The number of benzene rings is 1. The van der Waals surface area contributed by atoms with E-state index in [-0.39, 0.29) is 6.10 Å². The van der Waals surface area contributed by atoms with Gasteiger partial charge >= 0.3 is 0 Å². The molecule has 0 N–H and O–H groups in total. The summed E-state index contributed by atoms with van der Waals surface area (Å²) >= 11 is 6.31. The number of hydrogen-bond acceptors (Lipinski definition) is 4. The van der Waals surface area contributed by atoms with Crippen molar-refractivity contribution in [3.63, 3.8) is 0 Å². The smallest absolute Gasteiger partial charge is 0.163 e. The molecule has 5 nitrogen and oxygen atoms in total. The monoisotopic (exact) mass is 581 g/mol. The number of carbonyl (C=O) groups is 1. The predicted molar refractivity (Wildman–Crippen MR) is 166 cm³/mol. The third-order valence-electron chi connectivity index (χ3n) is 11.4. The van der Waals surface area contributed by atoms with Gasteiger partial charge < -0.3 is 4.74 Å². The van der Waals surface area contributed by atoms with Crippen molar-refractivity contribution in [2.45, 2.75) is 112 Å². The van der Waals surface area contributed by atoms with Crippen LogP contribution in [-0.4, -0.2) is 26.7 Å². The first-order valence-corrected chi connectivity index (χ1v) is 16.7.